The summed E-state index contributed by atoms with van der Waals surface area (Å²) in [5.74, 6) is -3.28. The summed E-state index contributed by atoms with van der Waals surface area (Å²) in [6.45, 7) is 0. The van der Waals surface area contributed by atoms with Crippen molar-refractivity contribution in [3.05, 3.63) is 83.9 Å². The van der Waals surface area contributed by atoms with Gasteiger partial charge in [0.25, 0.3) is 0 Å². The van der Waals surface area contributed by atoms with E-state index in [1.807, 2.05) is 42.5 Å². The Hall–Kier alpha value is -4.54. The van der Waals surface area contributed by atoms with E-state index in [0.717, 1.165) is 17.8 Å². The van der Waals surface area contributed by atoms with E-state index in [4.69, 9.17) is 19.8 Å². The van der Waals surface area contributed by atoms with Gasteiger partial charge in [-0.05, 0) is 29.8 Å². The molecule has 2 heterocycles. The second kappa shape index (κ2) is 9.73. The molecule has 0 saturated carbocycles. The molecule has 0 fully saturated rings. The number of aromatic nitrogens is 4. The Balaban J connectivity index is 0.000000454. The summed E-state index contributed by atoms with van der Waals surface area (Å²) in [5.41, 5.74) is 1.22. The van der Waals surface area contributed by atoms with Crippen molar-refractivity contribution >= 4 is 35.1 Å². The van der Waals surface area contributed by atoms with Crippen molar-refractivity contribution in [1.82, 2.24) is 19.5 Å². The number of para-hydroxylation sites is 2. The lowest BCUT2D eigenvalue weighted by atomic mass is 10.2. The van der Waals surface area contributed by atoms with E-state index in [-0.39, 0.29) is 5.95 Å². The Kier molecular flexibility index (Phi) is 6.82. The number of fused-ring (bicyclic) bond motifs is 1. The summed E-state index contributed by atoms with van der Waals surface area (Å²) in [7, 11) is 0. The van der Waals surface area contributed by atoms with Crippen LogP contribution in [0.15, 0.2) is 66.9 Å². The fourth-order valence-corrected chi connectivity index (χ4v) is 2.72. The van der Waals surface area contributed by atoms with Gasteiger partial charge in [-0.3, -0.25) is 4.57 Å². The molecule has 168 valence electrons. The molecule has 0 aliphatic carbocycles. The number of halogens is 3. The monoisotopic (exact) mass is 456 g/mol. The third-order valence-electron chi connectivity index (χ3n) is 4.13. The van der Waals surface area contributed by atoms with Gasteiger partial charge in [0.05, 0.1) is 11.0 Å². The Morgan fingerprint density at radius 1 is 0.848 bits per heavy atom. The summed E-state index contributed by atoms with van der Waals surface area (Å²) >= 11 is 0. The number of rotatable bonds is 3. The molecule has 2 aromatic heterocycles. The minimum atomic E-state index is -4.55. The van der Waals surface area contributed by atoms with Crippen LogP contribution in [-0.2, 0) is 15.8 Å². The highest BCUT2D eigenvalue weighted by atomic mass is 19.4. The highest BCUT2D eigenvalue weighted by molar-refractivity contribution is 6.27. The molecule has 4 rings (SSSR count). The summed E-state index contributed by atoms with van der Waals surface area (Å²) in [5, 5.41) is 14.8. The van der Waals surface area contributed by atoms with Gasteiger partial charge < -0.3 is 10.2 Å². The Morgan fingerprint density at radius 2 is 1.48 bits per heavy atom. The number of carboxylic acid groups (broad SMARTS) is 2. The lowest BCUT2D eigenvalue weighted by molar-refractivity contribution is -0.159. The van der Waals surface area contributed by atoms with Crippen LogP contribution in [0.3, 0.4) is 0 Å². The third-order valence-corrected chi connectivity index (χ3v) is 4.13. The molecule has 33 heavy (non-hydrogen) atoms. The zero-order chi connectivity index (χ0) is 24.0. The molecule has 0 radical (unpaired) electrons. The summed E-state index contributed by atoms with van der Waals surface area (Å²) in [4.78, 5) is 30.5. The fraction of sp³-hybridized carbons (Fsp3) is 0.0455. The standard InChI is InChI=1S/C20H13F3N4.C2H2O4/c21-20(22,23)17-12-13-24-19(26-17)27-16-9-5-4-8-15(16)25-18(27)11-10-14-6-2-1-3-7-14;3-1(4)2(5)6/h1-13H;(H,3,4)(H,5,6)/b11-10+;. The third kappa shape index (κ3) is 5.79. The predicted molar refractivity (Wildman–Crippen MR) is 112 cm³/mol. The van der Waals surface area contributed by atoms with Crippen LogP contribution in [0.4, 0.5) is 13.2 Å². The number of benzene rings is 2. The number of aliphatic carboxylic acids is 2. The van der Waals surface area contributed by atoms with Gasteiger partial charge in [0.2, 0.25) is 5.95 Å². The molecule has 0 aliphatic rings. The average molecular weight is 456 g/mol. The molecule has 2 aromatic carbocycles. The second-order valence-electron chi connectivity index (χ2n) is 6.39. The molecule has 0 spiro atoms. The molecule has 0 saturated heterocycles. The highest BCUT2D eigenvalue weighted by Gasteiger charge is 2.33. The highest BCUT2D eigenvalue weighted by Crippen LogP contribution is 2.28. The van der Waals surface area contributed by atoms with Crippen molar-refractivity contribution in [3.63, 3.8) is 0 Å². The van der Waals surface area contributed by atoms with Crippen LogP contribution in [0.5, 0.6) is 0 Å². The van der Waals surface area contributed by atoms with Gasteiger partial charge >= 0.3 is 18.1 Å². The zero-order valence-electron chi connectivity index (χ0n) is 16.6. The SMILES string of the molecule is FC(F)(F)c1ccnc(-n2c(/C=C/c3ccccc3)nc3ccccc32)n1.O=C(O)C(=O)O. The lowest BCUT2D eigenvalue weighted by Gasteiger charge is -2.09. The van der Waals surface area contributed by atoms with E-state index >= 15 is 0 Å². The van der Waals surface area contributed by atoms with Crippen molar-refractivity contribution in [2.75, 3.05) is 0 Å². The van der Waals surface area contributed by atoms with Gasteiger partial charge in [-0.1, -0.05) is 48.5 Å². The number of nitrogens with zero attached hydrogens (tertiary/aromatic N) is 4. The van der Waals surface area contributed by atoms with Crippen molar-refractivity contribution in [1.29, 1.82) is 0 Å². The number of hydrogen-bond donors (Lipinski definition) is 2. The van der Waals surface area contributed by atoms with Crippen LogP contribution in [0.1, 0.15) is 17.1 Å². The normalized spacial score (nSPS) is 11.2. The molecule has 11 heteroatoms. The minimum Gasteiger partial charge on any atom is -0.473 e. The number of carbonyl (C=O) groups is 2. The molecular weight excluding hydrogens is 441 g/mol. The molecular formula is C22H15F3N4O4. The van der Waals surface area contributed by atoms with Gasteiger partial charge in [-0.2, -0.15) is 13.2 Å². The topological polar surface area (TPSA) is 118 Å². The van der Waals surface area contributed by atoms with Gasteiger partial charge in [-0.25, -0.2) is 24.5 Å². The molecule has 4 aromatic rings. The van der Waals surface area contributed by atoms with Gasteiger partial charge in [0, 0.05) is 6.20 Å². The van der Waals surface area contributed by atoms with Crippen molar-refractivity contribution < 1.29 is 33.0 Å². The van der Waals surface area contributed by atoms with Crippen LogP contribution in [0.25, 0.3) is 29.1 Å². The quantitative estimate of drug-likeness (QED) is 0.445. The van der Waals surface area contributed by atoms with Gasteiger partial charge in [0.1, 0.15) is 11.5 Å². The van der Waals surface area contributed by atoms with Crippen molar-refractivity contribution in [2.24, 2.45) is 0 Å². The predicted octanol–water partition coefficient (Wildman–Crippen LogP) is 4.16. The number of carboxylic acids is 2. The molecule has 0 amide bonds. The summed E-state index contributed by atoms with van der Waals surface area (Å²) < 4.78 is 40.7. The molecule has 0 aliphatic heterocycles. The molecule has 8 nitrogen and oxygen atoms in total. The maximum absolute atomic E-state index is 13.1. The van der Waals surface area contributed by atoms with Crippen LogP contribution in [0.2, 0.25) is 0 Å². The molecule has 0 unspecified atom stereocenters. The van der Waals surface area contributed by atoms with Crippen LogP contribution in [0, 0.1) is 0 Å². The first-order chi connectivity index (χ1) is 15.7. The van der Waals surface area contributed by atoms with Crippen LogP contribution in [-0.4, -0.2) is 41.7 Å². The smallest absolute Gasteiger partial charge is 0.433 e. The van der Waals surface area contributed by atoms with E-state index in [1.54, 1.807) is 24.3 Å². The molecule has 0 atom stereocenters. The second-order valence-corrected chi connectivity index (χ2v) is 6.39. The summed E-state index contributed by atoms with van der Waals surface area (Å²) in [6.07, 6.45) is 0.128. The first-order valence-electron chi connectivity index (χ1n) is 9.24. The largest absolute Gasteiger partial charge is 0.473 e. The van der Waals surface area contributed by atoms with Crippen LogP contribution >= 0.6 is 0 Å². The first kappa shape index (κ1) is 23.1. The van der Waals surface area contributed by atoms with Gasteiger partial charge in [0.15, 0.2) is 0 Å². The van der Waals surface area contributed by atoms with E-state index in [1.165, 1.54) is 4.57 Å². The zero-order valence-corrected chi connectivity index (χ0v) is 16.6. The molecule has 2 N–H and O–H groups in total. The maximum atomic E-state index is 13.1. The number of alkyl halides is 3. The van der Waals surface area contributed by atoms with E-state index < -0.39 is 23.8 Å². The van der Waals surface area contributed by atoms with E-state index in [2.05, 4.69) is 15.0 Å². The fourth-order valence-electron chi connectivity index (χ4n) is 2.72. The van der Waals surface area contributed by atoms with Crippen LogP contribution < -0.4 is 0 Å². The lowest BCUT2D eigenvalue weighted by Crippen LogP contribution is -2.12. The minimum absolute atomic E-state index is 0.0776. The summed E-state index contributed by atoms with van der Waals surface area (Å²) in [6, 6.07) is 17.6. The Labute approximate surface area is 184 Å². The van der Waals surface area contributed by atoms with E-state index in [0.29, 0.717) is 16.9 Å². The Morgan fingerprint density at radius 3 is 2.12 bits per heavy atom. The van der Waals surface area contributed by atoms with Gasteiger partial charge in [-0.15, -0.1) is 0 Å². The van der Waals surface area contributed by atoms with Crippen molar-refractivity contribution in [2.45, 2.75) is 6.18 Å². The number of imidazole rings is 1. The molecule has 0 bridgehead atoms. The average Bonchev–Trinajstić information content (AvgIpc) is 3.17. The Bertz CT molecular complexity index is 1310. The number of hydrogen-bond acceptors (Lipinski definition) is 5. The first-order valence-corrected chi connectivity index (χ1v) is 9.24. The van der Waals surface area contributed by atoms with Crippen molar-refractivity contribution in [3.8, 4) is 5.95 Å². The maximum Gasteiger partial charge on any atom is 0.433 e. The van der Waals surface area contributed by atoms with E-state index in [9.17, 15) is 13.2 Å².